The topological polar surface area (TPSA) is 108 Å². The molecule has 1 saturated heterocycles. The Morgan fingerprint density at radius 3 is 2.29 bits per heavy atom. The van der Waals surface area contributed by atoms with Crippen LogP contribution < -0.4 is 16.0 Å². The maximum Gasteiger partial charge on any atom is 0.325 e. The van der Waals surface area contributed by atoms with Crippen LogP contribution in [0.2, 0.25) is 0 Å². The Morgan fingerprint density at radius 1 is 1.11 bits per heavy atom. The number of imide groups is 1. The van der Waals surface area contributed by atoms with Gasteiger partial charge in [0.2, 0.25) is 11.8 Å². The average Bonchev–Trinajstić information content (AvgIpc) is 2.90. The van der Waals surface area contributed by atoms with Crippen molar-refractivity contribution in [3.63, 3.8) is 0 Å². The SMILES string of the molecule is CCC(=O)Nc1ccc(NC(=O)CN2C(=O)NC3(CCCCC3C)C2=O)cc1. The number of nitrogens with one attached hydrogen (secondary N) is 3. The first-order valence-corrected chi connectivity index (χ1v) is 9.69. The van der Waals surface area contributed by atoms with E-state index in [0.717, 1.165) is 24.2 Å². The summed E-state index contributed by atoms with van der Waals surface area (Å²) in [5.41, 5.74) is 0.286. The summed E-state index contributed by atoms with van der Waals surface area (Å²) in [4.78, 5) is 50.0. The number of carbonyl (C=O) groups is 4. The summed E-state index contributed by atoms with van der Waals surface area (Å²) in [7, 11) is 0. The van der Waals surface area contributed by atoms with Crippen LogP contribution in [0.15, 0.2) is 24.3 Å². The third kappa shape index (κ3) is 3.85. The number of nitrogens with zero attached hydrogens (tertiary/aromatic N) is 1. The van der Waals surface area contributed by atoms with Gasteiger partial charge in [0.1, 0.15) is 12.1 Å². The lowest BCUT2D eigenvalue weighted by molar-refractivity contribution is -0.136. The number of carbonyl (C=O) groups excluding carboxylic acids is 4. The van der Waals surface area contributed by atoms with Crippen molar-refractivity contribution in [2.24, 2.45) is 5.92 Å². The van der Waals surface area contributed by atoms with E-state index in [9.17, 15) is 19.2 Å². The minimum absolute atomic E-state index is 0.0524. The average molecular weight is 386 g/mol. The third-order valence-corrected chi connectivity index (χ3v) is 5.58. The second-order valence-corrected chi connectivity index (χ2v) is 7.47. The van der Waals surface area contributed by atoms with E-state index in [0.29, 0.717) is 24.2 Å². The first-order valence-electron chi connectivity index (χ1n) is 9.69. The molecule has 1 saturated carbocycles. The highest BCUT2D eigenvalue weighted by Gasteiger charge is 2.55. The fraction of sp³-hybridized carbons (Fsp3) is 0.500. The molecule has 2 unspecified atom stereocenters. The lowest BCUT2D eigenvalue weighted by atomic mass is 9.73. The summed E-state index contributed by atoms with van der Waals surface area (Å²) >= 11 is 0. The summed E-state index contributed by atoms with van der Waals surface area (Å²) in [6, 6.07) is 6.15. The number of anilines is 2. The van der Waals surface area contributed by atoms with Crippen LogP contribution in [0.25, 0.3) is 0 Å². The molecule has 8 heteroatoms. The smallest absolute Gasteiger partial charge is 0.325 e. The van der Waals surface area contributed by atoms with Crippen molar-refractivity contribution in [2.75, 3.05) is 17.2 Å². The van der Waals surface area contributed by atoms with Gasteiger partial charge in [0.25, 0.3) is 5.91 Å². The van der Waals surface area contributed by atoms with E-state index in [-0.39, 0.29) is 24.3 Å². The molecular weight excluding hydrogens is 360 g/mol. The number of benzene rings is 1. The van der Waals surface area contributed by atoms with Crippen molar-refractivity contribution < 1.29 is 19.2 Å². The molecule has 0 bridgehead atoms. The maximum absolute atomic E-state index is 12.9. The van der Waals surface area contributed by atoms with E-state index in [1.807, 2.05) is 6.92 Å². The van der Waals surface area contributed by atoms with Gasteiger partial charge in [-0.2, -0.15) is 0 Å². The normalized spacial score (nSPS) is 24.2. The lowest BCUT2D eigenvalue weighted by Crippen LogP contribution is -2.54. The standard InChI is InChI=1S/C20H26N4O4/c1-3-16(25)21-14-7-9-15(10-8-14)22-17(26)12-24-18(27)20(23-19(24)28)11-5-4-6-13(20)2/h7-10,13H,3-6,11-12H2,1-2H3,(H,21,25)(H,22,26)(H,23,28). The van der Waals surface area contributed by atoms with Gasteiger partial charge in [0.05, 0.1) is 0 Å². The van der Waals surface area contributed by atoms with Crippen LogP contribution in [0.3, 0.4) is 0 Å². The molecule has 2 atom stereocenters. The quantitative estimate of drug-likeness (QED) is 0.676. The molecule has 0 radical (unpaired) electrons. The van der Waals surface area contributed by atoms with E-state index in [1.165, 1.54) is 0 Å². The molecule has 28 heavy (non-hydrogen) atoms. The molecule has 2 fully saturated rings. The Bertz CT molecular complexity index is 792. The summed E-state index contributed by atoms with van der Waals surface area (Å²) < 4.78 is 0. The zero-order valence-electron chi connectivity index (χ0n) is 16.2. The molecule has 8 nitrogen and oxygen atoms in total. The summed E-state index contributed by atoms with van der Waals surface area (Å²) in [5, 5.41) is 8.24. The zero-order chi connectivity index (χ0) is 20.3. The summed E-state index contributed by atoms with van der Waals surface area (Å²) in [6.45, 7) is 3.41. The first kappa shape index (κ1) is 19.9. The Labute approximate surface area is 164 Å². The van der Waals surface area contributed by atoms with E-state index in [4.69, 9.17) is 0 Å². The minimum atomic E-state index is -0.866. The largest absolute Gasteiger partial charge is 0.326 e. The van der Waals surface area contributed by atoms with Gasteiger partial charge in [0.15, 0.2) is 0 Å². The van der Waals surface area contributed by atoms with Crippen LogP contribution >= 0.6 is 0 Å². The molecule has 1 aromatic carbocycles. The van der Waals surface area contributed by atoms with Gasteiger partial charge in [-0.3, -0.25) is 19.3 Å². The Hall–Kier alpha value is -2.90. The second-order valence-electron chi connectivity index (χ2n) is 7.47. The number of rotatable bonds is 5. The fourth-order valence-electron chi connectivity index (χ4n) is 3.87. The summed E-state index contributed by atoms with van der Waals surface area (Å²) in [5.74, 6) is -0.801. The van der Waals surface area contributed by atoms with Gasteiger partial charge in [-0.05, 0) is 43.0 Å². The molecule has 3 rings (SSSR count). The summed E-state index contributed by atoms with van der Waals surface area (Å²) in [6.07, 6.45) is 3.80. The van der Waals surface area contributed by atoms with Crippen molar-refractivity contribution in [2.45, 2.75) is 51.5 Å². The maximum atomic E-state index is 12.9. The molecule has 1 aliphatic heterocycles. The van der Waals surface area contributed by atoms with E-state index in [2.05, 4.69) is 16.0 Å². The zero-order valence-corrected chi connectivity index (χ0v) is 16.2. The van der Waals surface area contributed by atoms with Crippen molar-refractivity contribution >= 4 is 35.1 Å². The molecule has 1 heterocycles. The van der Waals surface area contributed by atoms with Crippen LogP contribution in [0.5, 0.6) is 0 Å². The fourth-order valence-corrected chi connectivity index (χ4v) is 3.87. The number of amides is 5. The van der Waals surface area contributed by atoms with Crippen molar-refractivity contribution in [3.8, 4) is 0 Å². The molecule has 1 aromatic rings. The molecule has 5 amide bonds. The van der Waals surface area contributed by atoms with E-state index in [1.54, 1.807) is 31.2 Å². The number of hydrogen-bond donors (Lipinski definition) is 3. The molecule has 3 N–H and O–H groups in total. The second kappa shape index (κ2) is 8.00. The van der Waals surface area contributed by atoms with Crippen LogP contribution in [0, 0.1) is 5.92 Å². The predicted octanol–water partition coefficient (Wildman–Crippen LogP) is 2.47. The Balaban J connectivity index is 1.61. The van der Waals surface area contributed by atoms with E-state index < -0.39 is 17.5 Å². The molecule has 2 aliphatic rings. The highest BCUT2D eigenvalue weighted by atomic mass is 16.2. The van der Waals surface area contributed by atoms with Gasteiger partial charge in [0, 0.05) is 17.8 Å². The van der Waals surface area contributed by atoms with Gasteiger partial charge < -0.3 is 16.0 Å². The molecule has 0 aromatic heterocycles. The van der Waals surface area contributed by atoms with Gasteiger partial charge in [-0.25, -0.2) is 4.79 Å². The highest BCUT2D eigenvalue weighted by Crippen LogP contribution is 2.38. The predicted molar refractivity (Wildman–Crippen MR) is 105 cm³/mol. The molecular formula is C20H26N4O4. The van der Waals surface area contributed by atoms with Crippen molar-refractivity contribution in [1.29, 1.82) is 0 Å². The third-order valence-electron chi connectivity index (χ3n) is 5.58. The van der Waals surface area contributed by atoms with Gasteiger partial charge in [-0.15, -0.1) is 0 Å². The number of urea groups is 1. The van der Waals surface area contributed by atoms with E-state index >= 15 is 0 Å². The Morgan fingerprint density at radius 2 is 1.71 bits per heavy atom. The monoisotopic (exact) mass is 386 g/mol. The Kier molecular flexibility index (Phi) is 5.67. The molecule has 1 aliphatic carbocycles. The minimum Gasteiger partial charge on any atom is -0.326 e. The lowest BCUT2D eigenvalue weighted by Gasteiger charge is -2.36. The first-order chi connectivity index (χ1) is 13.4. The highest BCUT2D eigenvalue weighted by molar-refractivity contribution is 6.10. The van der Waals surface area contributed by atoms with Crippen LogP contribution in [-0.2, 0) is 14.4 Å². The molecule has 150 valence electrons. The van der Waals surface area contributed by atoms with Gasteiger partial charge >= 0.3 is 6.03 Å². The van der Waals surface area contributed by atoms with Crippen molar-refractivity contribution in [3.05, 3.63) is 24.3 Å². The van der Waals surface area contributed by atoms with Crippen molar-refractivity contribution in [1.82, 2.24) is 10.2 Å². The molecule has 1 spiro atoms. The van der Waals surface area contributed by atoms with Crippen LogP contribution in [0.1, 0.15) is 46.0 Å². The van der Waals surface area contributed by atoms with Crippen LogP contribution in [0.4, 0.5) is 16.2 Å². The number of hydrogen-bond acceptors (Lipinski definition) is 4. The van der Waals surface area contributed by atoms with Gasteiger partial charge in [-0.1, -0.05) is 26.7 Å². The van der Waals surface area contributed by atoms with Crippen LogP contribution in [-0.4, -0.2) is 40.7 Å².